The van der Waals surface area contributed by atoms with Crippen molar-refractivity contribution < 1.29 is 18.9 Å². The minimum absolute atomic E-state index is 0.0810. The predicted octanol–water partition coefficient (Wildman–Crippen LogP) is 26.1. The van der Waals surface area contributed by atoms with Crippen LogP contribution < -0.4 is 51.7 Å². The molecule has 0 saturated carbocycles. The van der Waals surface area contributed by atoms with E-state index in [-0.39, 0.29) is 13.4 Å². The zero-order valence-corrected chi connectivity index (χ0v) is 64.2. The summed E-state index contributed by atoms with van der Waals surface area (Å²) in [6.45, 7) is -0.193. The maximum Gasteiger partial charge on any atom is 0.260 e. The van der Waals surface area contributed by atoms with Crippen molar-refractivity contribution in [2.45, 2.75) is 0 Å². The molecule has 548 valence electrons. The van der Waals surface area contributed by atoms with Crippen molar-refractivity contribution in [3.8, 4) is 157 Å². The third kappa shape index (κ3) is 11.2. The van der Waals surface area contributed by atoms with Crippen LogP contribution >= 0.6 is 0 Å². The number of fused-ring (bicyclic) bond motifs is 12. The first kappa shape index (κ1) is 68.4. The summed E-state index contributed by atoms with van der Waals surface area (Å²) >= 11 is 0. The fraction of sp³-hybridized carbons (Fsp3) is 0. The second-order valence-electron chi connectivity index (χ2n) is 30.9. The molecule has 118 heavy (non-hydrogen) atoms. The first-order valence-electron chi connectivity index (χ1n) is 40.6. The molecule has 0 amide bonds. The fourth-order valence-corrected chi connectivity index (χ4v) is 19.3. The van der Waals surface area contributed by atoms with E-state index in [1.807, 2.05) is 0 Å². The van der Waals surface area contributed by atoms with Crippen LogP contribution in [0.5, 0.6) is 46.0 Å². The van der Waals surface area contributed by atoms with Gasteiger partial charge in [0.1, 0.15) is 46.0 Å². The molecule has 0 unspecified atom stereocenters. The summed E-state index contributed by atoms with van der Waals surface area (Å²) in [5, 5.41) is 9.90. The molecule has 0 radical (unpaired) electrons. The molecule has 24 rings (SSSR count). The first-order valence-corrected chi connectivity index (χ1v) is 40.6. The molecule has 0 saturated heterocycles. The van der Waals surface area contributed by atoms with Crippen LogP contribution in [0.25, 0.3) is 154 Å². The van der Waals surface area contributed by atoms with Crippen LogP contribution in [0.4, 0.5) is 0 Å². The number of hydrogen-bond acceptors (Lipinski definition) is 4. The molecular formula is C112H70B2O4. The van der Waals surface area contributed by atoms with Crippen molar-refractivity contribution in [2.24, 2.45) is 0 Å². The van der Waals surface area contributed by atoms with Gasteiger partial charge in [-0.15, -0.1) is 0 Å². The molecule has 0 fully saturated rings. The number of ether oxygens (including phenoxy) is 4. The molecule has 0 atom stereocenters. The highest BCUT2D eigenvalue weighted by molar-refractivity contribution is 6.99. The lowest BCUT2D eigenvalue weighted by molar-refractivity contribution is 0.466. The Bertz CT molecular complexity index is 7250. The summed E-state index contributed by atoms with van der Waals surface area (Å²) in [4.78, 5) is 0. The van der Waals surface area contributed by atoms with Crippen LogP contribution in [0.1, 0.15) is 0 Å². The van der Waals surface area contributed by atoms with E-state index in [0.29, 0.717) is 0 Å². The molecule has 20 aromatic carbocycles. The van der Waals surface area contributed by atoms with Gasteiger partial charge in [0, 0.05) is 33.2 Å². The molecule has 4 nitrogen and oxygen atoms in total. The normalized spacial score (nSPS) is 12.3. The molecule has 0 N–H and O–H groups in total. The summed E-state index contributed by atoms with van der Waals surface area (Å²) in [5.41, 5.74) is 29.7. The summed E-state index contributed by atoms with van der Waals surface area (Å²) in [5.74, 6) is 6.86. The minimum atomic E-state index is -0.112. The summed E-state index contributed by atoms with van der Waals surface area (Å²) in [7, 11) is 0. The van der Waals surface area contributed by atoms with E-state index < -0.39 is 0 Å². The summed E-state index contributed by atoms with van der Waals surface area (Å²) in [6, 6.07) is 152. The number of rotatable bonds is 10. The lowest BCUT2D eigenvalue weighted by atomic mass is 9.34. The van der Waals surface area contributed by atoms with Crippen molar-refractivity contribution in [3.05, 3.63) is 425 Å². The van der Waals surface area contributed by atoms with Gasteiger partial charge in [0.25, 0.3) is 13.4 Å². The average Bonchev–Trinajstić information content (AvgIpc) is 0.715. The molecule has 0 aliphatic carbocycles. The van der Waals surface area contributed by atoms with E-state index in [0.717, 1.165) is 140 Å². The highest BCUT2D eigenvalue weighted by Crippen LogP contribution is 2.53. The van der Waals surface area contributed by atoms with Crippen molar-refractivity contribution >= 4 is 89.3 Å². The highest BCUT2D eigenvalue weighted by atomic mass is 16.5. The first-order chi connectivity index (χ1) is 58.6. The van der Waals surface area contributed by atoms with Crippen LogP contribution in [-0.2, 0) is 0 Å². The van der Waals surface area contributed by atoms with Gasteiger partial charge in [0.15, 0.2) is 0 Å². The fourth-order valence-electron chi connectivity index (χ4n) is 19.3. The molecule has 4 aliphatic rings. The van der Waals surface area contributed by atoms with E-state index >= 15 is 0 Å². The van der Waals surface area contributed by atoms with Crippen molar-refractivity contribution in [1.82, 2.24) is 0 Å². The van der Waals surface area contributed by atoms with Crippen molar-refractivity contribution in [3.63, 3.8) is 0 Å². The Kier molecular flexibility index (Phi) is 16.5. The van der Waals surface area contributed by atoms with Crippen molar-refractivity contribution in [1.29, 1.82) is 0 Å². The van der Waals surface area contributed by atoms with Gasteiger partial charge in [-0.3, -0.25) is 0 Å². The third-order valence-corrected chi connectivity index (χ3v) is 24.4. The molecular weight excluding hydrogens is 1430 g/mol. The maximum atomic E-state index is 7.25. The predicted molar refractivity (Wildman–Crippen MR) is 493 cm³/mol. The van der Waals surface area contributed by atoms with E-state index in [2.05, 4.69) is 425 Å². The smallest absolute Gasteiger partial charge is 0.260 e. The Labute approximate surface area is 685 Å². The molecule has 4 heterocycles. The topological polar surface area (TPSA) is 36.9 Å². The van der Waals surface area contributed by atoms with Gasteiger partial charge in [0.05, 0.1) is 0 Å². The lowest BCUT2D eigenvalue weighted by Gasteiger charge is -2.35. The second-order valence-corrected chi connectivity index (χ2v) is 30.9. The Morgan fingerprint density at radius 3 is 0.763 bits per heavy atom. The van der Waals surface area contributed by atoms with Gasteiger partial charge in [-0.2, -0.15) is 0 Å². The van der Waals surface area contributed by atoms with Crippen molar-refractivity contribution in [2.75, 3.05) is 0 Å². The average molecular weight is 1500 g/mol. The van der Waals surface area contributed by atoms with Gasteiger partial charge in [-0.1, -0.05) is 388 Å². The molecule has 0 aromatic heterocycles. The quantitative estimate of drug-likeness (QED) is 0.101. The monoisotopic (exact) mass is 1500 g/mol. The van der Waals surface area contributed by atoms with Gasteiger partial charge >= 0.3 is 0 Å². The van der Waals surface area contributed by atoms with Crippen LogP contribution in [0.2, 0.25) is 0 Å². The Morgan fingerprint density at radius 1 is 0.144 bits per heavy atom. The minimum Gasteiger partial charge on any atom is -0.458 e. The summed E-state index contributed by atoms with van der Waals surface area (Å²) < 4.78 is 28.2. The SMILES string of the molecule is c1ccc(-c2cc(-c3ccccc3)c3c4c2Oc2ccccc2B4c2cc(-c4ccccc4-c4c5ccccc5c(-c5ccccc5)c5ccccc45)ccc2O3)cc1.c1ccc(-c2cc(-c3ccccc3)c3c4c2Oc2ccccc2B4c2ccc(-c4ccccc4-c4c5ccccc5c(-c5ccccc5)c5ccccc45)cc2O3)cc1. The molecule has 20 aromatic rings. The Hall–Kier alpha value is -15.2. The standard InChI is InChI=1S/2C56H35BO2/c1-4-18-36(19-5-1)46-35-47(37-20-6-2-7-21-37)56-54-55(46)58-50-31-17-16-30-48(50)57(54)49-34-39(32-33-51(49)59-56)40-24-10-11-25-41(40)53-44-28-14-12-26-42(44)52(38-22-8-3-9-23-38)43-27-13-15-29-45(43)53;1-4-18-36(19-5-1)46-35-47(37-20-6-2-7-21-37)56-54-55(46)58-50-31-17-16-30-48(50)57(54)49-33-32-39(34-51(49)59-56)40-24-10-11-25-41(40)53-44-28-14-12-26-42(44)52(38-22-8-3-9-23-38)43-27-13-15-29-45(43)53/h2*1-35H. The second kappa shape index (κ2) is 28.4. The number of benzene rings is 20. The Morgan fingerprint density at radius 2 is 0.398 bits per heavy atom. The van der Waals surface area contributed by atoms with Gasteiger partial charge in [-0.25, -0.2) is 0 Å². The largest absolute Gasteiger partial charge is 0.458 e. The van der Waals surface area contributed by atoms with Gasteiger partial charge < -0.3 is 18.9 Å². The van der Waals surface area contributed by atoms with Crippen LogP contribution in [-0.4, -0.2) is 13.4 Å². The molecule has 0 spiro atoms. The van der Waals surface area contributed by atoms with E-state index in [9.17, 15) is 0 Å². The van der Waals surface area contributed by atoms with Gasteiger partial charge in [0.2, 0.25) is 0 Å². The molecule has 6 heteroatoms. The summed E-state index contributed by atoms with van der Waals surface area (Å²) in [6.07, 6.45) is 0. The lowest BCUT2D eigenvalue weighted by Crippen LogP contribution is -2.57. The third-order valence-electron chi connectivity index (χ3n) is 24.4. The maximum absolute atomic E-state index is 7.25. The number of hydrogen-bond donors (Lipinski definition) is 0. The van der Waals surface area contributed by atoms with E-state index in [4.69, 9.17) is 18.9 Å². The van der Waals surface area contributed by atoms with E-state index in [1.165, 1.54) is 93.2 Å². The Balaban J connectivity index is 0.000000138. The van der Waals surface area contributed by atoms with Crippen LogP contribution in [0.3, 0.4) is 0 Å². The van der Waals surface area contributed by atoms with E-state index in [1.54, 1.807) is 0 Å². The molecule has 0 bridgehead atoms. The van der Waals surface area contributed by atoms with Gasteiger partial charge in [-0.05, 0) is 190 Å². The highest BCUT2D eigenvalue weighted by Gasteiger charge is 2.45. The molecule has 4 aliphatic heterocycles. The zero-order chi connectivity index (χ0) is 77.7. The van der Waals surface area contributed by atoms with Crippen LogP contribution in [0.15, 0.2) is 425 Å². The van der Waals surface area contributed by atoms with Crippen LogP contribution in [0, 0.1) is 0 Å². The zero-order valence-electron chi connectivity index (χ0n) is 64.2. The number of para-hydroxylation sites is 2.